The number of terminal acetylenes is 1. The topological polar surface area (TPSA) is 89.6 Å². The second kappa shape index (κ2) is 9.40. The smallest absolute Gasteiger partial charge is 0.274 e. The molecule has 174 valence electrons. The molecule has 1 aromatic heterocycles. The van der Waals surface area contributed by atoms with Gasteiger partial charge in [0.1, 0.15) is 23.9 Å². The molecule has 1 aliphatic rings. The van der Waals surface area contributed by atoms with Crippen LogP contribution >= 0.6 is 11.8 Å². The van der Waals surface area contributed by atoms with Gasteiger partial charge >= 0.3 is 0 Å². The third-order valence-corrected chi connectivity index (χ3v) is 6.38. The molecule has 0 saturated heterocycles. The number of pyridine rings is 1. The number of carbonyl (C=O) groups excluding carboxylic acids is 1. The minimum Gasteiger partial charge on any atom is -0.476 e. The Morgan fingerprint density at radius 1 is 1.42 bits per heavy atom. The van der Waals surface area contributed by atoms with Gasteiger partial charge in [-0.3, -0.25) is 9.79 Å². The van der Waals surface area contributed by atoms with E-state index in [2.05, 4.69) is 21.2 Å². The number of anilines is 1. The maximum atomic E-state index is 14.8. The molecule has 0 saturated carbocycles. The van der Waals surface area contributed by atoms with Crippen molar-refractivity contribution < 1.29 is 18.3 Å². The lowest BCUT2D eigenvalue weighted by Crippen LogP contribution is -2.41. The van der Waals surface area contributed by atoms with Crippen molar-refractivity contribution in [3.05, 3.63) is 53.1 Å². The lowest BCUT2D eigenvalue weighted by atomic mass is 9.83. The van der Waals surface area contributed by atoms with Crippen LogP contribution in [0.1, 0.15) is 48.8 Å². The van der Waals surface area contributed by atoms with Gasteiger partial charge in [0.25, 0.3) is 5.91 Å². The van der Waals surface area contributed by atoms with Crippen LogP contribution in [-0.2, 0) is 5.54 Å². The molecule has 0 aliphatic carbocycles. The molecule has 0 radical (unpaired) electrons. The summed E-state index contributed by atoms with van der Waals surface area (Å²) in [7, 11) is 0. The number of alkyl halides is 1. The Balaban J connectivity index is 1.87. The Hall–Kier alpha value is -3.12. The third-order valence-electron chi connectivity index (χ3n) is 5.33. The van der Waals surface area contributed by atoms with Crippen LogP contribution in [-0.4, -0.2) is 33.6 Å². The number of hydrogen-bond acceptors (Lipinski definition) is 6. The predicted molar refractivity (Wildman–Crippen MR) is 128 cm³/mol. The number of aryl methyl sites for hydroxylation is 1. The molecule has 1 aromatic carbocycles. The van der Waals surface area contributed by atoms with Crippen LogP contribution in [0, 0.1) is 25.1 Å². The SMILES string of the molecule is C#C[C@H](C)Oc1cnc(C(=O)Nc2ccc(F)c([C@]3(C)C[C@](C)(CF)SC(N)=N3)c2)c(C)c1. The standard InChI is InChI=1S/C24H26F2N4O2S/c1-6-15(3)32-17-9-14(2)20(28-11-17)21(31)29-16-7-8-19(26)18(10-16)24(5)12-23(4,13-25)33-22(27)30-24/h1,7-11,15H,12-13H2,2-5H3,(H2,27,30)(H,29,31)/t15-,23+,24-/m0/s1. The van der Waals surface area contributed by atoms with Crippen molar-refractivity contribution in [3.8, 4) is 18.1 Å². The third kappa shape index (κ3) is 5.45. The number of amidine groups is 1. The number of thioether (sulfide) groups is 1. The van der Waals surface area contributed by atoms with Crippen molar-refractivity contribution >= 4 is 28.5 Å². The van der Waals surface area contributed by atoms with E-state index in [1.165, 1.54) is 24.4 Å². The molecule has 1 amide bonds. The van der Waals surface area contributed by atoms with Crippen LogP contribution in [0.4, 0.5) is 14.5 Å². The van der Waals surface area contributed by atoms with Crippen molar-refractivity contribution in [1.29, 1.82) is 0 Å². The highest BCUT2D eigenvalue weighted by Crippen LogP contribution is 2.46. The lowest BCUT2D eigenvalue weighted by molar-refractivity contribution is 0.102. The van der Waals surface area contributed by atoms with Gasteiger partial charge in [0.15, 0.2) is 11.3 Å². The second-order valence-corrected chi connectivity index (χ2v) is 10.1. The molecular formula is C24H26F2N4O2S. The van der Waals surface area contributed by atoms with E-state index >= 15 is 0 Å². The Kier molecular flexibility index (Phi) is 6.98. The number of aromatic nitrogens is 1. The second-order valence-electron chi connectivity index (χ2n) is 8.50. The van der Waals surface area contributed by atoms with Crippen molar-refractivity contribution in [2.75, 3.05) is 12.0 Å². The highest BCUT2D eigenvalue weighted by Gasteiger charge is 2.43. The van der Waals surface area contributed by atoms with Crippen molar-refractivity contribution in [3.63, 3.8) is 0 Å². The first-order valence-corrected chi connectivity index (χ1v) is 11.1. The van der Waals surface area contributed by atoms with Gasteiger partial charge in [0, 0.05) is 11.3 Å². The fourth-order valence-electron chi connectivity index (χ4n) is 3.85. The fourth-order valence-corrected chi connectivity index (χ4v) is 5.01. The van der Waals surface area contributed by atoms with Gasteiger partial charge in [-0.15, -0.1) is 6.42 Å². The number of ether oxygens (including phenoxy) is 1. The van der Waals surface area contributed by atoms with E-state index in [4.69, 9.17) is 16.9 Å². The molecule has 3 atom stereocenters. The molecule has 0 fully saturated rings. The van der Waals surface area contributed by atoms with E-state index in [1.807, 2.05) is 0 Å². The van der Waals surface area contributed by atoms with Gasteiger partial charge in [0.05, 0.1) is 16.5 Å². The molecule has 0 bridgehead atoms. The first-order valence-electron chi connectivity index (χ1n) is 10.3. The maximum Gasteiger partial charge on any atom is 0.274 e. The number of carbonyl (C=O) groups is 1. The summed E-state index contributed by atoms with van der Waals surface area (Å²) in [5.74, 6) is 1.92. The van der Waals surface area contributed by atoms with E-state index in [-0.39, 0.29) is 22.8 Å². The van der Waals surface area contributed by atoms with Crippen LogP contribution in [0.3, 0.4) is 0 Å². The molecule has 3 rings (SSSR count). The van der Waals surface area contributed by atoms with Gasteiger partial charge in [-0.2, -0.15) is 0 Å². The molecule has 0 spiro atoms. The first-order chi connectivity index (χ1) is 15.5. The van der Waals surface area contributed by atoms with E-state index in [0.29, 0.717) is 17.0 Å². The molecule has 3 N–H and O–H groups in total. The van der Waals surface area contributed by atoms with Crippen LogP contribution in [0.15, 0.2) is 35.5 Å². The normalized spacial score (nSPS) is 23.2. The summed E-state index contributed by atoms with van der Waals surface area (Å²) in [5.41, 5.74) is 6.21. The average molecular weight is 473 g/mol. The average Bonchev–Trinajstić information content (AvgIpc) is 2.74. The van der Waals surface area contributed by atoms with Gasteiger partial charge in [-0.25, -0.2) is 13.8 Å². The lowest BCUT2D eigenvalue weighted by Gasteiger charge is -2.39. The summed E-state index contributed by atoms with van der Waals surface area (Å²) in [6, 6.07) is 5.86. The summed E-state index contributed by atoms with van der Waals surface area (Å²) < 4.78 is 33.2. The van der Waals surface area contributed by atoms with Gasteiger partial charge < -0.3 is 15.8 Å². The summed E-state index contributed by atoms with van der Waals surface area (Å²) in [4.78, 5) is 21.4. The van der Waals surface area contributed by atoms with E-state index < -0.39 is 34.8 Å². The molecule has 2 aromatic rings. The minimum absolute atomic E-state index is 0.189. The Labute approximate surface area is 196 Å². The van der Waals surface area contributed by atoms with Crippen molar-refractivity contribution in [2.45, 2.75) is 50.5 Å². The number of benzene rings is 1. The molecule has 0 unspecified atom stereocenters. The summed E-state index contributed by atoms with van der Waals surface area (Å²) in [6.07, 6.45) is 6.55. The first kappa shape index (κ1) is 24.5. The molecule has 2 heterocycles. The largest absolute Gasteiger partial charge is 0.476 e. The zero-order chi connectivity index (χ0) is 24.4. The van der Waals surface area contributed by atoms with Crippen LogP contribution in [0.5, 0.6) is 5.75 Å². The maximum absolute atomic E-state index is 14.8. The Morgan fingerprint density at radius 2 is 2.15 bits per heavy atom. The van der Waals surface area contributed by atoms with E-state index in [1.54, 1.807) is 33.8 Å². The highest BCUT2D eigenvalue weighted by molar-refractivity contribution is 8.15. The van der Waals surface area contributed by atoms with Crippen LogP contribution < -0.4 is 15.8 Å². The number of hydrogen-bond donors (Lipinski definition) is 2. The van der Waals surface area contributed by atoms with Crippen LogP contribution in [0.25, 0.3) is 0 Å². The number of nitrogens with two attached hydrogens (primary N) is 1. The Morgan fingerprint density at radius 3 is 2.79 bits per heavy atom. The molecular weight excluding hydrogens is 446 g/mol. The number of amides is 1. The quantitative estimate of drug-likeness (QED) is 0.601. The number of aliphatic imine (C=N–C) groups is 1. The highest BCUT2D eigenvalue weighted by atomic mass is 32.2. The van der Waals surface area contributed by atoms with Gasteiger partial charge in [-0.1, -0.05) is 17.7 Å². The fraction of sp³-hybridized carbons (Fsp3) is 0.375. The number of halogens is 2. The van der Waals surface area contributed by atoms with E-state index in [0.717, 1.165) is 11.8 Å². The monoisotopic (exact) mass is 472 g/mol. The number of nitrogens with zero attached hydrogens (tertiary/aromatic N) is 2. The molecule has 9 heteroatoms. The summed E-state index contributed by atoms with van der Waals surface area (Å²) in [5, 5.41) is 2.93. The van der Waals surface area contributed by atoms with Crippen molar-refractivity contribution in [1.82, 2.24) is 4.98 Å². The number of rotatable bonds is 6. The summed E-state index contributed by atoms with van der Waals surface area (Å²) >= 11 is 1.14. The zero-order valence-electron chi connectivity index (χ0n) is 18.9. The predicted octanol–water partition coefficient (Wildman–Crippen LogP) is 4.58. The zero-order valence-corrected chi connectivity index (χ0v) is 19.7. The summed E-state index contributed by atoms with van der Waals surface area (Å²) in [6.45, 7) is 6.25. The van der Waals surface area contributed by atoms with Crippen molar-refractivity contribution in [2.24, 2.45) is 10.7 Å². The minimum atomic E-state index is -1.08. The molecule has 1 aliphatic heterocycles. The van der Waals surface area contributed by atoms with E-state index in [9.17, 15) is 13.6 Å². The van der Waals surface area contributed by atoms with Crippen LogP contribution in [0.2, 0.25) is 0 Å². The molecule has 33 heavy (non-hydrogen) atoms. The molecule has 6 nitrogen and oxygen atoms in total. The van der Waals surface area contributed by atoms with Gasteiger partial charge in [0.2, 0.25) is 0 Å². The number of nitrogens with one attached hydrogen (secondary N) is 1. The van der Waals surface area contributed by atoms with Gasteiger partial charge in [-0.05, 0) is 63.9 Å². The Bertz CT molecular complexity index is 1150.